The molecule has 1 N–H and O–H groups in total. The molecule has 0 fully saturated rings. The van der Waals surface area contributed by atoms with Crippen LogP contribution in [0.4, 0.5) is 5.69 Å². The molecule has 0 aromatic heterocycles. The van der Waals surface area contributed by atoms with Crippen LogP contribution in [0.1, 0.15) is 19.4 Å². The lowest BCUT2D eigenvalue weighted by Gasteiger charge is -2.07. The van der Waals surface area contributed by atoms with Crippen molar-refractivity contribution in [2.24, 2.45) is 0 Å². The number of hydrogen-bond donors (Lipinski definition) is 1. The highest BCUT2D eigenvalue weighted by molar-refractivity contribution is 6.31. The van der Waals surface area contributed by atoms with Gasteiger partial charge in [-0.15, -0.1) is 0 Å². The molecule has 0 saturated heterocycles. The molecule has 1 amide bonds. The Labute approximate surface area is 98.5 Å². The first-order chi connectivity index (χ1) is 7.49. The van der Waals surface area contributed by atoms with Crippen molar-refractivity contribution in [2.45, 2.75) is 20.5 Å². The smallest absolute Gasteiger partial charge is 0.302 e. The highest BCUT2D eigenvalue weighted by Gasteiger charge is 2.04. The van der Waals surface area contributed by atoms with Crippen LogP contribution >= 0.6 is 11.6 Å². The quantitative estimate of drug-likeness (QED) is 0.827. The first kappa shape index (κ1) is 12.5. The van der Waals surface area contributed by atoms with E-state index in [9.17, 15) is 9.59 Å². The van der Waals surface area contributed by atoms with Crippen LogP contribution in [0.5, 0.6) is 0 Å². The third-order valence-corrected chi connectivity index (χ3v) is 2.16. The first-order valence-electron chi connectivity index (χ1n) is 4.68. The van der Waals surface area contributed by atoms with Crippen LogP contribution in [-0.2, 0) is 20.9 Å². The van der Waals surface area contributed by atoms with Crippen molar-refractivity contribution in [3.63, 3.8) is 0 Å². The summed E-state index contributed by atoms with van der Waals surface area (Å²) in [5.41, 5.74) is 1.31. The number of amides is 1. The molecule has 0 aliphatic heterocycles. The number of carbonyl (C=O) groups excluding carboxylic acids is 2. The van der Waals surface area contributed by atoms with Crippen LogP contribution in [0.2, 0.25) is 5.02 Å². The highest BCUT2D eigenvalue weighted by Crippen LogP contribution is 2.21. The van der Waals surface area contributed by atoms with E-state index >= 15 is 0 Å². The van der Waals surface area contributed by atoms with Crippen molar-refractivity contribution in [3.05, 3.63) is 28.8 Å². The van der Waals surface area contributed by atoms with Gasteiger partial charge in [0.1, 0.15) is 6.61 Å². The standard InChI is InChI=1S/C11H12ClNO3/c1-7(14)13-10-4-3-9(11(12)5-10)6-16-8(2)15/h3-5H,6H2,1-2H3,(H,13,14). The Morgan fingerprint density at radius 3 is 2.56 bits per heavy atom. The fraction of sp³-hybridized carbons (Fsp3) is 0.273. The lowest BCUT2D eigenvalue weighted by atomic mass is 10.2. The van der Waals surface area contributed by atoms with Gasteiger partial charge in [-0.3, -0.25) is 9.59 Å². The number of halogens is 1. The van der Waals surface area contributed by atoms with Gasteiger partial charge in [-0.1, -0.05) is 17.7 Å². The summed E-state index contributed by atoms with van der Waals surface area (Å²) in [6.45, 7) is 2.88. The average Bonchev–Trinajstić information content (AvgIpc) is 2.15. The maximum Gasteiger partial charge on any atom is 0.302 e. The predicted molar refractivity (Wildman–Crippen MR) is 61.2 cm³/mol. The van der Waals surface area contributed by atoms with Crippen LogP contribution in [0.15, 0.2) is 18.2 Å². The van der Waals surface area contributed by atoms with Crippen LogP contribution < -0.4 is 5.32 Å². The van der Waals surface area contributed by atoms with Crippen LogP contribution in [-0.4, -0.2) is 11.9 Å². The second-order valence-electron chi connectivity index (χ2n) is 3.27. The molecule has 0 heterocycles. The van der Waals surface area contributed by atoms with Crippen LogP contribution in [0.3, 0.4) is 0 Å². The maximum atomic E-state index is 10.8. The third kappa shape index (κ3) is 3.90. The predicted octanol–water partition coefficient (Wildman–Crippen LogP) is 2.36. The normalized spacial score (nSPS) is 9.69. The molecule has 0 saturated carbocycles. The zero-order valence-corrected chi connectivity index (χ0v) is 9.80. The summed E-state index contributed by atoms with van der Waals surface area (Å²) in [5, 5.41) is 3.06. The number of hydrogen-bond acceptors (Lipinski definition) is 3. The molecule has 1 aromatic carbocycles. The van der Waals surface area contributed by atoms with E-state index < -0.39 is 0 Å². The number of carbonyl (C=O) groups is 2. The highest BCUT2D eigenvalue weighted by atomic mass is 35.5. The van der Waals surface area contributed by atoms with E-state index in [1.54, 1.807) is 18.2 Å². The SMILES string of the molecule is CC(=O)Nc1ccc(COC(C)=O)c(Cl)c1. The Balaban J connectivity index is 2.75. The fourth-order valence-electron chi connectivity index (χ4n) is 1.12. The number of ether oxygens (including phenoxy) is 1. The monoisotopic (exact) mass is 241 g/mol. The van der Waals surface area contributed by atoms with Crippen molar-refractivity contribution in [3.8, 4) is 0 Å². The first-order valence-corrected chi connectivity index (χ1v) is 5.06. The van der Waals surface area contributed by atoms with Gasteiger partial charge in [0.15, 0.2) is 0 Å². The van der Waals surface area contributed by atoms with E-state index in [2.05, 4.69) is 5.32 Å². The van der Waals surface area contributed by atoms with Gasteiger partial charge >= 0.3 is 5.97 Å². The van der Waals surface area contributed by atoms with Gasteiger partial charge in [-0.25, -0.2) is 0 Å². The molecule has 0 aliphatic carbocycles. The van der Waals surface area contributed by atoms with E-state index in [1.165, 1.54) is 13.8 Å². The Morgan fingerprint density at radius 2 is 2.06 bits per heavy atom. The van der Waals surface area contributed by atoms with Crippen molar-refractivity contribution >= 4 is 29.2 Å². The Morgan fingerprint density at radius 1 is 1.38 bits per heavy atom. The molecular weight excluding hydrogens is 230 g/mol. The molecule has 0 aliphatic rings. The number of rotatable bonds is 3. The zero-order chi connectivity index (χ0) is 12.1. The number of benzene rings is 1. The van der Waals surface area contributed by atoms with Gasteiger partial charge in [-0.05, 0) is 12.1 Å². The third-order valence-electron chi connectivity index (χ3n) is 1.80. The van der Waals surface area contributed by atoms with Gasteiger partial charge in [0.2, 0.25) is 5.91 Å². The van der Waals surface area contributed by atoms with Crippen molar-refractivity contribution in [2.75, 3.05) is 5.32 Å². The van der Waals surface area contributed by atoms with Crippen molar-refractivity contribution in [1.29, 1.82) is 0 Å². The van der Waals surface area contributed by atoms with E-state index in [1.807, 2.05) is 0 Å². The molecule has 1 rings (SSSR count). The molecular formula is C11H12ClNO3. The molecule has 86 valence electrons. The van der Waals surface area contributed by atoms with Gasteiger partial charge < -0.3 is 10.1 Å². The second kappa shape index (κ2) is 5.51. The summed E-state index contributed by atoms with van der Waals surface area (Å²) < 4.78 is 4.82. The lowest BCUT2D eigenvalue weighted by Crippen LogP contribution is -2.06. The number of nitrogens with one attached hydrogen (secondary N) is 1. The van der Waals surface area contributed by atoms with Crippen molar-refractivity contribution < 1.29 is 14.3 Å². The van der Waals surface area contributed by atoms with Gasteiger partial charge in [0.05, 0.1) is 0 Å². The Hall–Kier alpha value is -1.55. The summed E-state index contributed by atoms with van der Waals surface area (Å²) in [7, 11) is 0. The van der Waals surface area contributed by atoms with Gasteiger partial charge in [0, 0.05) is 30.1 Å². The largest absolute Gasteiger partial charge is 0.461 e. The molecule has 1 aromatic rings. The van der Waals surface area contributed by atoms with E-state index in [0.29, 0.717) is 16.3 Å². The minimum absolute atomic E-state index is 0.133. The Bertz CT molecular complexity index is 418. The molecule has 0 atom stereocenters. The average molecular weight is 242 g/mol. The lowest BCUT2D eigenvalue weighted by molar-refractivity contribution is -0.142. The zero-order valence-electron chi connectivity index (χ0n) is 9.04. The van der Waals surface area contributed by atoms with Gasteiger partial charge in [0.25, 0.3) is 0 Å². The molecule has 0 spiro atoms. The molecule has 16 heavy (non-hydrogen) atoms. The summed E-state index contributed by atoms with van der Waals surface area (Å²) in [6.07, 6.45) is 0. The fourth-order valence-corrected chi connectivity index (χ4v) is 1.36. The minimum Gasteiger partial charge on any atom is -0.461 e. The molecule has 4 nitrogen and oxygen atoms in total. The molecule has 0 unspecified atom stereocenters. The van der Waals surface area contributed by atoms with Crippen LogP contribution in [0.25, 0.3) is 0 Å². The van der Waals surface area contributed by atoms with E-state index in [4.69, 9.17) is 16.3 Å². The van der Waals surface area contributed by atoms with E-state index in [0.717, 1.165) is 0 Å². The molecule has 0 radical (unpaired) electrons. The maximum absolute atomic E-state index is 10.8. The molecule has 5 heteroatoms. The van der Waals surface area contributed by atoms with Crippen LogP contribution in [0, 0.1) is 0 Å². The number of esters is 1. The topological polar surface area (TPSA) is 55.4 Å². The number of anilines is 1. The van der Waals surface area contributed by atoms with Crippen molar-refractivity contribution in [1.82, 2.24) is 0 Å². The Kier molecular flexibility index (Phi) is 4.31. The molecule has 0 bridgehead atoms. The summed E-state index contributed by atoms with van der Waals surface area (Å²) in [4.78, 5) is 21.4. The van der Waals surface area contributed by atoms with E-state index in [-0.39, 0.29) is 18.5 Å². The summed E-state index contributed by atoms with van der Waals surface area (Å²) in [5.74, 6) is -0.522. The van der Waals surface area contributed by atoms with Gasteiger partial charge in [-0.2, -0.15) is 0 Å². The minimum atomic E-state index is -0.359. The summed E-state index contributed by atoms with van der Waals surface area (Å²) in [6, 6.07) is 5.02. The second-order valence-corrected chi connectivity index (χ2v) is 3.67. The summed E-state index contributed by atoms with van der Waals surface area (Å²) >= 11 is 5.95.